The second kappa shape index (κ2) is 8.66. The maximum Gasteiger partial charge on any atom is 0.238 e. The van der Waals surface area contributed by atoms with Crippen molar-refractivity contribution in [3.63, 3.8) is 0 Å². The van der Waals surface area contributed by atoms with Gasteiger partial charge in [0, 0.05) is 0 Å². The molecule has 0 radical (unpaired) electrons. The summed E-state index contributed by atoms with van der Waals surface area (Å²) in [5.41, 5.74) is 10.6. The molecule has 1 heterocycles. The number of phenols is 1. The molecule has 1 unspecified atom stereocenters. The number of rotatable bonds is 3. The Morgan fingerprint density at radius 1 is 1.06 bits per heavy atom. The third kappa shape index (κ3) is 5.51. The van der Waals surface area contributed by atoms with Crippen molar-refractivity contribution in [2.75, 3.05) is 0 Å². The maximum absolute atomic E-state index is 11.5. The zero-order valence-electron chi connectivity index (χ0n) is 19.7. The van der Waals surface area contributed by atoms with Gasteiger partial charge in [0.25, 0.3) is 0 Å². The van der Waals surface area contributed by atoms with Crippen LogP contribution >= 0.6 is 11.8 Å². The molecule has 0 aliphatic carbocycles. The summed E-state index contributed by atoms with van der Waals surface area (Å²) in [7, 11) is -3.78. The standard InChI is InChI=1S/C23H31N5O3S2/c1-22(2,3)17-11-14(12-18(19(17)29)23(4,5)6)20-28(26-13-32-20)21(24)27-15-7-9-16(10-8-15)33(25,30)31/h7-13,20,29H,1-6H3,(H2,24,27)(H2,25,30,31). The molecule has 0 aromatic heterocycles. The van der Waals surface area contributed by atoms with Crippen LogP contribution < -0.4 is 10.9 Å². The third-order valence-electron chi connectivity index (χ3n) is 5.26. The summed E-state index contributed by atoms with van der Waals surface area (Å²) in [6.45, 7) is 12.4. The van der Waals surface area contributed by atoms with Crippen LogP contribution in [0.5, 0.6) is 5.75 Å². The van der Waals surface area contributed by atoms with E-state index in [4.69, 9.17) is 10.9 Å². The molecule has 5 N–H and O–H groups in total. The molecule has 0 saturated heterocycles. The number of hydrogen-bond acceptors (Lipinski definition) is 6. The highest BCUT2D eigenvalue weighted by Crippen LogP contribution is 2.44. The van der Waals surface area contributed by atoms with Crippen LogP contribution in [-0.4, -0.2) is 30.0 Å². The van der Waals surface area contributed by atoms with Crippen LogP contribution in [0.1, 0.15) is 63.6 Å². The summed E-state index contributed by atoms with van der Waals surface area (Å²) < 4.78 is 22.9. The van der Waals surface area contributed by atoms with Gasteiger partial charge in [-0.2, -0.15) is 5.10 Å². The molecule has 2 aromatic carbocycles. The molecule has 33 heavy (non-hydrogen) atoms. The van der Waals surface area contributed by atoms with Gasteiger partial charge < -0.3 is 10.8 Å². The minimum absolute atomic E-state index is 0.00107. The number of guanidine groups is 1. The minimum Gasteiger partial charge on any atom is -0.507 e. The van der Waals surface area contributed by atoms with Crippen LogP contribution in [-0.2, 0) is 20.9 Å². The van der Waals surface area contributed by atoms with Gasteiger partial charge in [-0.25, -0.2) is 23.6 Å². The normalized spacial score (nSPS) is 17.6. The minimum atomic E-state index is -3.78. The van der Waals surface area contributed by atoms with Crippen molar-refractivity contribution < 1.29 is 13.5 Å². The Labute approximate surface area is 199 Å². The topological polar surface area (TPSA) is 134 Å². The van der Waals surface area contributed by atoms with Crippen molar-refractivity contribution in [3.05, 3.63) is 53.1 Å². The van der Waals surface area contributed by atoms with Crippen LogP contribution in [0.25, 0.3) is 0 Å². The number of thioether (sulfide) groups is 1. The van der Waals surface area contributed by atoms with Crippen molar-refractivity contribution in [1.29, 1.82) is 0 Å². The first kappa shape index (κ1) is 25.1. The Morgan fingerprint density at radius 2 is 1.58 bits per heavy atom. The van der Waals surface area contributed by atoms with Gasteiger partial charge in [-0.05, 0) is 63.9 Å². The van der Waals surface area contributed by atoms with E-state index >= 15 is 0 Å². The predicted octanol–water partition coefficient (Wildman–Crippen LogP) is 4.27. The fourth-order valence-corrected chi connectivity index (χ4v) is 4.85. The molecule has 0 bridgehead atoms. The number of phenolic OH excluding ortho intramolecular Hbond substituents is 1. The largest absolute Gasteiger partial charge is 0.507 e. The number of hydrogen-bond donors (Lipinski definition) is 3. The molecule has 0 saturated carbocycles. The van der Waals surface area contributed by atoms with Crippen LogP contribution in [0.15, 0.2) is 51.4 Å². The highest BCUT2D eigenvalue weighted by molar-refractivity contribution is 8.12. The Hall–Kier alpha value is -2.56. The highest BCUT2D eigenvalue weighted by Gasteiger charge is 2.32. The van der Waals surface area contributed by atoms with Gasteiger partial charge in [0.15, 0.2) is 0 Å². The molecule has 0 amide bonds. The summed E-state index contributed by atoms with van der Waals surface area (Å²) in [5, 5.41) is 21.9. The van der Waals surface area contributed by atoms with Crippen molar-refractivity contribution in [2.24, 2.45) is 21.0 Å². The van der Waals surface area contributed by atoms with Gasteiger partial charge in [0.2, 0.25) is 16.0 Å². The molecule has 1 aliphatic rings. The number of sulfonamides is 1. The lowest BCUT2D eigenvalue weighted by molar-refractivity contribution is 0.414. The number of nitrogens with two attached hydrogens (primary N) is 2. The zero-order valence-corrected chi connectivity index (χ0v) is 21.3. The number of benzene rings is 2. The van der Waals surface area contributed by atoms with E-state index in [2.05, 4.69) is 51.6 Å². The molecule has 0 spiro atoms. The van der Waals surface area contributed by atoms with Gasteiger partial charge in [-0.1, -0.05) is 53.3 Å². The Morgan fingerprint density at radius 3 is 2.03 bits per heavy atom. The van der Waals surface area contributed by atoms with Gasteiger partial charge in [0.05, 0.1) is 16.1 Å². The second-order valence-corrected chi connectivity index (χ2v) is 12.5. The molecule has 1 aliphatic heterocycles. The summed E-state index contributed by atoms with van der Waals surface area (Å²) >= 11 is 1.49. The molecule has 8 nitrogen and oxygen atoms in total. The average Bonchev–Trinajstić information content (AvgIpc) is 3.16. The number of primary sulfonamides is 1. The van der Waals surface area contributed by atoms with E-state index in [1.54, 1.807) is 10.6 Å². The zero-order chi connectivity index (χ0) is 24.8. The molecule has 1 atom stereocenters. The fourth-order valence-electron chi connectivity index (χ4n) is 3.49. The SMILES string of the molecule is CC(C)(C)c1cc(C2SC=NN2C(N)=Nc2ccc(S(N)(=O)=O)cc2)cc(C(C)(C)C)c1O. The van der Waals surface area contributed by atoms with Crippen LogP contribution in [0.3, 0.4) is 0 Å². The van der Waals surface area contributed by atoms with E-state index in [-0.39, 0.29) is 27.1 Å². The average molecular weight is 490 g/mol. The van der Waals surface area contributed by atoms with Gasteiger partial charge in [0.1, 0.15) is 11.1 Å². The Kier molecular flexibility index (Phi) is 6.58. The van der Waals surface area contributed by atoms with Crippen molar-refractivity contribution in [3.8, 4) is 5.75 Å². The van der Waals surface area contributed by atoms with E-state index in [1.165, 1.54) is 36.0 Å². The lowest BCUT2D eigenvalue weighted by Gasteiger charge is -2.30. The molecular weight excluding hydrogens is 458 g/mol. The predicted molar refractivity (Wildman–Crippen MR) is 135 cm³/mol. The van der Waals surface area contributed by atoms with Gasteiger partial charge in [-0.15, -0.1) is 0 Å². The Bertz CT molecular complexity index is 1170. The smallest absolute Gasteiger partial charge is 0.238 e. The molecular formula is C23H31N5O3S2. The first-order valence-electron chi connectivity index (χ1n) is 10.4. The first-order valence-corrected chi connectivity index (χ1v) is 12.9. The van der Waals surface area contributed by atoms with Crippen molar-refractivity contribution in [1.82, 2.24) is 5.01 Å². The molecule has 0 fully saturated rings. The number of aromatic hydroxyl groups is 1. The molecule has 2 aromatic rings. The van der Waals surface area contributed by atoms with Crippen molar-refractivity contribution >= 4 is 39.0 Å². The fraction of sp³-hybridized carbons (Fsp3) is 0.391. The quantitative estimate of drug-likeness (QED) is 0.435. The summed E-state index contributed by atoms with van der Waals surface area (Å²) in [4.78, 5) is 4.41. The maximum atomic E-state index is 11.5. The van der Waals surface area contributed by atoms with E-state index in [9.17, 15) is 13.5 Å². The number of aliphatic imine (C=N–C) groups is 1. The monoisotopic (exact) mass is 489 g/mol. The third-order valence-corrected chi connectivity index (χ3v) is 7.14. The van der Waals surface area contributed by atoms with E-state index in [1.807, 2.05) is 12.1 Å². The van der Waals surface area contributed by atoms with E-state index in [0.717, 1.165) is 16.7 Å². The lowest BCUT2D eigenvalue weighted by atomic mass is 9.78. The lowest BCUT2D eigenvalue weighted by Crippen LogP contribution is -2.33. The van der Waals surface area contributed by atoms with Gasteiger partial charge in [-0.3, -0.25) is 0 Å². The molecule has 10 heteroatoms. The summed E-state index contributed by atoms with van der Waals surface area (Å²) in [6.07, 6.45) is 0. The highest BCUT2D eigenvalue weighted by atomic mass is 32.2. The van der Waals surface area contributed by atoms with Crippen LogP contribution in [0.4, 0.5) is 5.69 Å². The summed E-state index contributed by atoms with van der Waals surface area (Å²) in [5.74, 6) is 0.470. The second-order valence-electron chi connectivity index (χ2n) is 10.0. The van der Waals surface area contributed by atoms with E-state index < -0.39 is 10.0 Å². The van der Waals surface area contributed by atoms with E-state index in [0.29, 0.717) is 11.4 Å². The van der Waals surface area contributed by atoms with Crippen molar-refractivity contribution in [2.45, 2.75) is 62.6 Å². The summed E-state index contributed by atoms with van der Waals surface area (Å²) in [6, 6.07) is 9.82. The Balaban J connectivity index is 2.01. The molecule has 178 valence electrons. The van der Waals surface area contributed by atoms with Crippen LogP contribution in [0.2, 0.25) is 0 Å². The number of hydrazone groups is 1. The number of nitrogens with zero attached hydrogens (tertiary/aromatic N) is 3. The van der Waals surface area contributed by atoms with Crippen LogP contribution in [0, 0.1) is 0 Å². The molecule has 3 rings (SSSR count). The first-order chi connectivity index (χ1) is 15.1. The van der Waals surface area contributed by atoms with Gasteiger partial charge >= 0.3 is 0 Å².